The molecule has 0 aliphatic carbocycles. The molecule has 0 aliphatic rings. The SMILES string of the molecule is CC(C)(C)I(OS(=O)(=O)C(F)(F)C(F)(F)C(F)(F)C(F)(F)F)C(C)(C)C. The Morgan fingerprint density at radius 3 is 1.19 bits per heavy atom. The molecule has 160 valence electrons. The average molecular weight is 540 g/mol. The summed E-state index contributed by atoms with van der Waals surface area (Å²) in [5.41, 5.74) is 0. The fourth-order valence-corrected chi connectivity index (χ4v) is 12.9. The number of halogens is 10. The molecule has 0 amide bonds. The van der Waals surface area contributed by atoms with Gasteiger partial charge in [-0.1, -0.05) is 0 Å². The predicted molar refractivity (Wildman–Crippen MR) is 84.4 cm³/mol. The van der Waals surface area contributed by atoms with Gasteiger partial charge < -0.3 is 0 Å². The second-order valence-electron chi connectivity index (χ2n) is 7.06. The van der Waals surface area contributed by atoms with Crippen LogP contribution in [0.15, 0.2) is 0 Å². The summed E-state index contributed by atoms with van der Waals surface area (Å²) in [4.78, 5) is 0. The standard InChI is InChI=1S/C12H18F9IO3S/c1-7(2,3)22(8(4,5)6)25-26(23,24)12(20,21)10(15,16)9(13,14)11(17,18)19/h1-6H3. The summed E-state index contributed by atoms with van der Waals surface area (Å²) < 4.78 is 142. The minimum absolute atomic E-state index is 1.12. The van der Waals surface area contributed by atoms with Crippen LogP contribution < -0.4 is 0 Å². The molecule has 0 unspecified atom stereocenters. The van der Waals surface area contributed by atoms with Crippen molar-refractivity contribution >= 4 is 30.4 Å². The van der Waals surface area contributed by atoms with Gasteiger partial charge in [0.05, 0.1) is 0 Å². The van der Waals surface area contributed by atoms with E-state index in [0.29, 0.717) is 0 Å². The monoisotopic (exact) mass is 540 g/mol. The van der Waals surface area contributed by atoms with Crippen molar-refractivity contribution in [2.45, 2.75) is 71.7 Å². The molecule has 3 nitrogen and oxygen atoms in total. The van der Waals surface area contributed by atoms with Crippen molar-refractivity contribution in [1.82, 2.24) is 0 Å². The van der Waals surface area contributed by atoms with Crippen molar-refractivity contribution in [2.24, 2.45) is 0 Å². The van der Waals surface area contributed by atoms with Crippen LogP contribution in [0.1, 0.15) is 41.5 Å². The summed E-state index contributed by atoms with van der Waals surface area (Å²) >= 11 is -3.65. The molecule has 0 saturated carbocycles. The topological polar surface area (TPSA) is 43.4 Å². The van der Waals surface area contributed by atoms with E-state index in [2.05, 4.69) is 2.51 Å². The molecule has 0 N–H and O–H groups in total. The third kappa shape index (κ3) is 4.52. The molecular weight excluding hydrogens is 522 g/mol. The summed E-state index contributed by atoms with van der Waals surface area (Å²) in [6.45, 7) is 8.08. The zero-order valence-electron chi connectivity index (χ0n) is 14.4. The first-order valence-electron chi connectivity index (χ1n) is 6.69. The maximum absolute atomic E-state index is 13.7. The normalized spacial score (nSPS) is 16.7. The van der Waals surface area contributed by atoms with Crippen molar-refractivity contribution in [3.8, 4) is 0 Å². The zero-order chi connectivity index (χ0) is 21.8. The molecular formula is C12H18F9IO3S. The van der Waals surface area contributed by atoms with E-state index >= 15 is 0 Å². The van der Waals surface area contributed by atoms with Gasteiger partial charge >= 0.3 is 152 Å². The molecule has 0 spiro atoms. The van der Waals surface area contributed by atoms with Gasteiger partial charge in [-0.05, 0) is 0 Å². The van der Waals surface area contributed by atoms with Crippen molar-refractivity contribution in [3.63, 3.8) is 0 Å². The van der Waals surface area contributed by atoms with Crippen molar-refractivity contribution in [3.05, 3.63) is 0 Å². The molecule has 0 rings (SSSR count). The average Bonchev–Trinajstić information content (AvgIpc) is 2.31. The van der Waals surface area contributed by atoms with Gasteiger partial charge in [0.2, 0.25) is 0 Å². The van der Waals surface area contributed by atoms with Crippen LogP contribution in [-0.4, -0.2) is 38.5 Å². The van der Waals surface area contributed by atoms with Crippen LogP contribution in [0, 0.1) is 0 Å². The minimum atomic E-state index is -7.30. The fraction of sp³-hybridized carbons (Fsp3) is 1.00. The summed E-state index contributed by atoms with van der Waals surface area (Å²) in [5, 5.41) is -6.81. The van der Waals surface area contributed by atoms with Crippen LogP contribution in [0.25, 0.3) is 0 Å². The predicted octanol–water partition coefficient (Wildman–Crippen LogP) is 5.78. The van der Waals surface area contributed by atoms with Crippen molar-refractivity contribution in [1.29, 1.82) is 0 Å². The third-order valence-electron chi connectivity index (χ3n) is 2.61. The number of hydrogen-bond donors (Lipinski definition) is 0. The molecule has 0 aromatic rings. The molecule has 0 bridgehead atoms. The quantitative estimate of drug-likeness (QED) is 0.253. The molecule has 0 atom stereocenters. The van der Waals surface area contributed by atoms with E-state index in [9.17, 15) is 47.9 Å². The first-order chi connectivity index (χ1) is 10.8. The Morgan fingerprint density at radius 2 is 0.962 bits per heavy atom. The molecule has 0 heterocycles. The summed E-state index contributed by atoms with van der Waals surface area (Å²) in [6, 6.07) is 0. The zero-order valence-corrected chi connectivity index (χ0v) is 17.4. The van der Waals surface area contributed by atoms with E-state index < -0.39 is 60.5 Å². The fourth-order valence-electron chi connectivity index (χ4n) is 1.68. The Kier molecular flexibility index (Phi) is 6.81. The van der Waals surface area contributed by atoms with E-state index in [-0.39, 0.29) is 0 Å². The first-order valence-corrected chi connectivity index (χ1v) is 11.1. The van der Waals surface area contributed by atoms with Crippen LogP contribution >= 0.6 is 20.2 Å². The maximum atomic E-state index is 13.7. The number of alkyl halides is 11. The van der Waals surface area contributed by atoms with Gasteiger partial charge in [-0.2, -0.15) is 0 Å². The van der Waals surface area contributed by atoms with E-state index in [1.807, 2.05) is 0 Å². The van der Waals surface area contributed by atoms with Gasteiger partial charge in [0.25, 0.3) is 0 Å². The second kappa shape index (κ2) is 6.81. The summed E-state index contributed by atoms with van der Waals surface area (Å²) in [7, 11) is -6.82. The van der Waals surface area contributed by atoms with Crippen molar-refractivity contribution < 1.29 is 50.4 Å². The van der Waals surface area contributed by atoms with E-state index in [1.165, 1.54) is 41.5 Å². The molecule has 0 aromatic carbocycles. The Balaban J connectivity index is 6.28. The summed E-state index contributed by atoms with van der Waals surface area (Å²) in [5.74, 6) is -14.6. The van der Waals surface area contributed by atoms with Crippen LogP contribution in [0.5, 0.6) is 0 Å². The number of rotatable bonds is 5. The van der Waals surface area contributed by atoms with Gasteiger partial charge in [0.1, 0.15) is 0 Å². The van der Waals surface area contributed by atoms with Crippen molar-refractivity contribution in [2.75, 3.05) is 0 Å². The Bertz CT molecular complexity index is 601. The molecule has 0 aliphatic heterocycles. The Morgan fingerprint density at radius 1 is 0.654 bits per heavy atom. The molecule has 14 heteroatoms. The summed E-state index contributed by atoms with van der Waals surface area (Å²) in [6.07, 6.45) is -7.11. The van der Waals surface area contributed by atoms with Gasteiger partial charge in [-0.15, -0.1) is 0 Å². The van der Waals surface area contributed by atoms with E-state index in [4.69, 9.17) is 0 Å². The van der Waals surface area contributed by atoms with Crippen LogP contribution in [0.2, 0.25) is 0 Å². The van der Waals surface area contributed by atoms with Crippen LogP contribution in [0.4, 0.5) is 39.5 Å². The van der Waals surface area contributed by atoms with Crippen LogP contribution in [0.3, 0.4) is 0 Å². The second-order valence-corrected chi connectivity index (χ2v) is 17.6. The van der Waals surface area contributed by atoms with Gasteiger partial charge in [-0.3, -0.25) is 0 Å². The van der Waals surface area contributed by atoms with Crippen LogP contribution in [-0.2, 0) is 12.6 Å². The number of hydrogen-bond acceptors (Lipinski definition) is 3. The molecule has 0 radical (unpaired) electrons. The van der Waals surface area contributed by atoms with Gasteiger partial charge in [-0.25, -0.2) is 0 Å². The van der Waals surface area contributed by atoms with E-state index in [1.54, 1.807) is 0 Å². The molecule has 0 aromatic heterocycles. The third-order valence-corrected chi connectivity index (χ3v) is 12.2. The molecule has 26 heavy (non-hydrogen) atoms. The molecule has 0 saturated heterocycles. The van der Waals surface area contributed by atoms with Gasteiger partial charge in [0, 0.05) is 0 Å². The Labute approximate surface area is 152 Å². The van der Waals surface area contributed by atoms with E-state index in [0.717, 1.165) is 0 Å². The Hall–Kier alpha value is 0.01000. The molecule has 0 fully saturated rings. The van der Waals surface area contributed by atoms with Gasteiger partial charge in [0.15, 0.2) is 0 Å². The first kappa shape index (κ1) is 26.0.